The number of nitrogens with one attached hydrogen (secondary N) is 2. The second-order valence-electron chi connectivity index (χ2n) is 6.46. The molecule has 2 aromatic heterocycles. The molecule has 1 amide bonds. The second-order valence-corrected chi connectivity index (χ2v) is 7.66. The number of amides is 1. The number of H-pyrrole nitrogens is 1. The number of nitrogens with zero attached hydrogens (tertiary/aromatic N) is 1. The Morgan fingerprint density at radius 2 is 1.93 bits per heavy atom. The monoisotopic (exact) mass is 411 g/mol. The zero-order valence-electron chi connectivity index (χ0n) is 16.6. The van der Waals surface area contributed by atoms with Crippen LogP contribution in [-0.2, 0) is 14.3 Å². The van der Waals surface area contributed by atoms with E-state index >= 15 is 0 Å². The van der Waals surface area contributed by atoms with E-state index in [1.54, 1.807) is 37.3 Å². The van der Waals surface area contributed by atoms with Crippen molar-refractivity contribution in [1.82, 2.24) is 9.97 Å². The van der Waals surface area contributed by atoms with Crippen LogP contribution >= 0.6 is 11.3 Å². The first-order valence-electron chi connectivity index (χ1n) is 9.07. The van der Waals surface area contributed by atoms with E-state index in [2.05, 4.69) is 15.3 Å². The number of aromatic nitrogens is 2. The van der Waals surface area contributed by atoms with Crippen molar-refractivity contribution < 1.29 is 14.3 Å². The van der Waals surface area contributed by atoms with Crippen molar-refractivity contribution in [3.8, 4) is 0 Å². The van der Waals surface area contributed by atoms with Gasteiger partial charge in [-0.05, 0) is 50.1 Å². The highest BCUT2D eigenvalue weighted by Crippen LogP contribution is 2.27. The molecule has 3 aromatic rings. The Hall–Kier alpha value is -3.26. The van der Waals surface area contributed by atoms with E-state index in [9.17, 15) is 14.4 Å². The smallest absolute Gasteiger partial charge is 0.341 e. The van der Waals surface area contributed by atoms with Crippen molar-refractivity contribution in [2.24, 2.45) is 0 Å². The summed E-state index contributed by atoms with van der Waals surface area (Å²) in [6.45, 7) is 7.15. The Morgan fingerprint density at radius 3 is 2.55 bits per heavy atom. The van der Waals surface area contributed by atoms with Crippen molar-refractivity contribution in [1.29, 1.82) is 0 Å². The number of fused-ring (bicyclic) bond motifs is 1. The third-order valence-electron chi connectivity index (χ3n) is 4.33. The van der Waals surface area contributed by atoms with E-state index in [4.69, 9.17) is 4.74 Å². The molecule has 29 heavy (non-hydrogen) atoms. The number of aryl methyl sites for hydroxylation is 2. The maximum Gasteiger partial charge on any atom is 0.341 e. The van der Waals surface area contributed by atoms with E-state index in [0.717, 1.165) is 10.4 Å². The maximum absolute atomic E-state index is 12.6. The van der Waals surface area contributed by atoms with E-state index in [-0.39, 0.29) is 29.5 Å². The van der Waals surface area contributed by atoms with Gasteiger partial charge in [-0.2, -0.15) is 0 Å². The number of rotatable bonds is 5. The summed E-state index contributed by atoms with van der Waals surface area (Å²) in [5.41, 5.74) is 2.10. The van der Waals surface area contributed by atoms with Gasteiger partial charge in [-0.3, -0.25) is 9.59 Å². The molecule has 0 fully saturated rings. The van der Waals surface area contributed by atoms with Crippen molar-refractivity contribution in [3.05, 3.63) is 56.4 Å². The van der Waals surface area contributed by atoms with Gasteiger partial charge < -0.3 is 15.0 Å². The lowest BCUT2D eigenvalue weighted by molar-refractivity contribution is -0.136. The number of hydrogen-bond donors (Lipinski definition) is 2. The van der Waals surface area contributed by atoms with Crippen LogP contribution in [0.2, 0.25) is 0 Å². The summed E-state index contributed by atoms with van der Waals surface area (Å²) >= 11 is 1.41. The van der Waals surface area contributed by atoms with Gasteiger partial charge in [0.2, 0.25) is 5.91 Å². The highest BCUT2D eigenvalue weighted by molar-refractivity contribution is 7.18. The fourth-order valence-electron chi connectivity index (χ4n) is 2.85. The van der Waals surface area contributed by atoms with Gasteiger partial charge in [0.15, 0.2) is 0 Å². The van der Waals surface area contributed by atoms with Gasteiger partial charge in [-0.1, -0.05) is 12.1 Å². The van der Waals surface area contributed by atoms with Gasteiger partial charge >= 0.3 is 5.97 Å². The average molecular weight is 411 g/mol. The fourth-order valence-corrected chi connectivity index (χ4v) is 3.88. The normalized spacial score (nSPS) is 11.5. The SMILES string of the molecule is CCOC(=O)/C(=C\c1ccc(NC(C)=O)cc1)c1nc2sc(C)c(C)c2c(=O)[nH]1. The van der Waals surface area contributed by atoms with Crippen molar-refractivity contribution >= 4 is 50.8 Å². The zero-order chi connectivity index (χ0) is 21.1. The first-order chi connectivity index (χ1) is 13.8. The molecule has 150 valence electrons. The number of anilines is 1. The van der Waals surface area contributed by atoms with Gasteiger partial charge in [-0.15, -0.1) is 11.3 Å². The standard InChI is InChI=1S/C21H21N3O4S/c1-5-28-21(27)16(10-14-6-8-15(9-7-14)22-13(4)25)18-23-19(26)17-11(2)12(3)29-20(17)24-18/h6-10H,5H2,1-4H3,(H,22,25)(H,23,24,26)/b16-10-. The van der Waals surface area contributed by atoms with Crippen LogP contribution in [0, 0.1) is 13.8 Å². The molecule has 0 saturated heterocycles. The first kappa shape index (κ1) is 20.5. The maximum atomic E-state index is 12.6. The van der Waals surface area contributed by atoms with Crippen molar-refractivity contribution in [3.63, 3.8) is 0 Å². The summed E-state index contributed by atoms with van der Waals surface area (Å²) in [5, 5.41) is 3.23. The number of carbonyl (C=O) groups excluding carboxylic acids is 2. The zero-order valence-corrected chi connectivity index (χ0v) is 17.4. The number of esters is 1. The summed E-state index contributed by atoms with van der Waals surface area (Å²) in [6.07, 6.45) is 1.60. The van der Waals surface area contributed by atoms with Crippen LogP contribution in [0.1, 0.15) is 35.7 Å². The molecule has 0 aliphatic heterocycles. The lowest BCUT2D eigenvalue weighted by atomic mass is 10.1. The van der Waals surface area contributed by atoms with Crippen molar-refractivity contribution in [2.75, 3.05) is 11.9 Å². The van der Waals surface area contributed by atoms with Crippen LogP contribution in [0.5, 0.6) is 0 Å². The third-order valence-corrected chi connectivity index (χ3v) is 5.43. The molecule has 2 N–H and O–H groups in total. The van der Waals surface area contributed by atoms with Gasteiger partial charge in [-0.25, -0.2) is 9.78 Å². The second kappa shape index (κ2) is 8.40. The molecule has 0 saturated carbocycles. The Kier molecular flexibility index (Phi) is 5.93. The molecular weight excluding hydrogens is 390 g/mol. The van der Waals surface area contributed by atoms with Crippen LogP contribution in [0.15, 0.2) is 29.1 Å². The summed E-state index contributed by atoms with van der Waals surface area (Å²) in [7, 11) is 0. The Labute approximate surface area is 171 Å². The van der Waals surface area contributed by atoms with E-state index in [1.807, 2.05) is 13.8 Å². The minimum Gasteiger partial charge on any atom is -0.462 e. The number of hydrogen-bond acceptors (Lipinski definition) is 6. The minimum absolute atomic E-state index is 0.154. The highest BCUT2D eigenvalue weighted by atomic mass is 32.1. The van der Waals surface area contributed by atoms with Crippen molar-refractivity contribution in [2.45, 2.75) is 27.7 Å². The van der Waals surface area contributed by atoms with Gasteiger partial charge in [0.1, 0.15) is 16.2 Å². The predicted molar refractivity (Wildman–Crippen MR) is 115 cm³/mol. The highest BCUT2D eigenvalue weighted by Gasteiger charge is 2.19. The number of thiophene rings is 1. The van der Waals surface area contributed by atoms with E-state index < -0.39 is 5.97 Å². The summed E-state index contributed by atoms with van der Waals surface area (Å²) in [4.78, 5) is 45.2. The summed E-state index contributed by atoms with van der Waals surface area (Å²) < 4.78 is 5.17. The topological polar surface area (TPSA) is 101 Å². The van der Waals surface area contributed by atoms with Gasteiger partial charge in [0.05, 0.1) is 12.0 Å². The van der Waals surface area contributed by atoms with Crippen LogP contribution in [0.3, 0.4) is 0 Å². The molecule has 8 heteroatoms. The number of ether oxygens (including phenoxy) is 1. The Bertz CT molecular complexity index is 1170. The van der Waals surface area contributed by atoms with Gasteiger partial charge in [0.25, 0.3) is 5.56 Å². The first-order valence-corrected chi connectivity index (χ1v) is 9.88. The number of aromatic amines is 1. The average Bonchev–Trinajstić information content (AvgIpc) is 2.95. The lowest BCUT2D eigenvalue weighted by Gasteiger charge is -2.08. The molecule has 2 heterocycles. The minimum atomic E-state index is -0.578. The molecule has 3 rings (SSSR count). The van der Waals surface area contributed by atoms with Crippen LogP contribution < -0.4 is 10.9 Å². The molecule has 7 nitrogen and oxygen atoms in total. The van der Waals surface area contributed by atoms with Crippen LogP contribution in [0.4, 0.5) is 5.69 Å². The molecular formula is C21H21N3O4S. The molecule has 0 atom stereocenters. The summed E-state index contributed by atoms with van der Waals surface area (Å²) in [5.74, 6) is -0.587. The predicted octanol–water partition coefficient (Wildman–Crippen LogP) is 3.66. The molecule has 0 aliphatic carbocycles. The largest absolute Gasteiger partial charge is 0.462 e. The third kappa shape index (κ3) is 4.43. The molecule has 1 aromatic carbocycles. The quantitative estimate of drug-likeness (QED) is 0.493. The number of benzene rings is 1. The molecule has 0 aliphatic rings. The van der Waals surface area contributed by atoms with E-state index in [0.29, 0.717) is 21.5 Å². The van der Waals surface area contributed by atoms with Crippen LogP contribution in [0.25, 0.3) is 21.9 Å². The number of carbonyl (C=O) groups is 2. The molecule has 0 radical (unpaired) electrons. The van der Waals surface area contributed by atoms with Crippen LogP contribution in [-0.4, -0.2) is 28.5 Å². The molecule has 0 spiro atoms. The molecule has 0 bridgehead atoms. The van der Waals surface area contributed by atoms with Gasteiger partial charge in [0, 0.05) is 17.5 Å². The Balaban J connectivity index is 2.09. The lowest BCUT2D eigenvalue weighted by Crippen LogP contribution is -2.15. The summed E-state index contributed by atoms with van der Waals surface area (Å²) in [6, 6.07) is 6.95. The van der Waals surface area contributed by atoms with E-state index in [1.165, 1.54) is 18.3 Å². The fraction of sp³-hybridized carbons (Fsp3) is 0.238. The molecule has 0 unspecified atom stereocenters. The Morgan fingerprint density at radius 1 is 1.24 bits per heavy atom.